The van der Waals surface area contributed by atoms with Crippen molar-refractivity contribution in [2.75, 3.05) is 5.32 Å². The van der Waals surface area contributed by atoms with Crippen molar-refractivity contribution in [3.8, 4) is 5.75 Å². The van der Waals surface area contributed by atoms with E-state index in [-0.39, 0.29) is 11.3 Å². The van der Waals surface area contributed by atoms with Crippen molar-refractivity contribution in [2.45, 2.75) is 13.8 Å². The van der Waals surface area contributed by atoms with Crippen molar-refractivity contribution in [1.29, 1.82) is 0 Å². The third kappa shape index (κ3) is 2.73. The Hall–Kier alpha value is -2.36. The van der Waals surface area contributed by atoms with Gasteiger partial charge < -0.3 is 10.4 Å². The van der Waals surface area contributed by atoms with Gasteiger partial charge in [0.25, 0.3) is 5.91 Å². The van der Waals surface area contributed by atoms with Crippen LogP contribution in [0.5, 0.6) is 5.75 Å². The molecule has 0 aliphatic carbocycles. The molecule has 2 rings (SSSR count). The summed E-state index contributed by atoms with van der Waals surface area (Å²) in [5, 5.41) is 12.1. The lowest BCUT2D eigenvalue weighted by atomic mass is 10.1. The number of anilines is 1. The normalized spacial score (nSPS) is 10.3. The molecule has 0 spiro atoms. The predicted molar refractivity (Wildman–Crippen MR) is 71.9 cm³/mol. The molecule has 3 nitrogen and oxygen atoms in total. The van der Waals surface area contributed by atoms with E-state index in [0.717, 1.165) is 0 Å². The highest BCUT2D eigenvalue weighted by atomic mass is 19.1. The summed E-state index contributed by atoms with van der Waals surface area (Å²) in [4.78, 5) is 12.0. The fourth-order valence-corrected chi connectivity index (χ4v) is 1.71. The molecule has 1 amide bonds. The first-order valence-corrected chi connectivity index (χ1v) is 5.85. The fraction of sp³-hybridized carbons (Fsp3) is 0.133. The molecular weight excluding hydrogens is 245 g/mol. The number of aromatic hydroxyl groups is 1. The summed E-state index contributed by atoms with van der Waals surface area (Å²) in [6.07, 6.45) is 0. The lowest BCUT2D eigenvalue weighted by molar-refractivity contribution is 0.102. The first kappa shape index (κ1) is 13.1. The van der Waals surface area contributed by atoms with Crippen LogP contribution in [0.15, 0.2) is 36.4 Å². The second-order valence-corrected chi connectivity index (χ2v) is 4.39. The molecule has 2 aromatic rings. The quantitative estimate of drug-likeness (QED) is 0.868. The molecule has 0 saturated carbocycles. The van der Waals surface area contributed by atoms with Crippen molar-refractivity contribution < 1.29 is 14.3 Å². The van der Waals surface area contributed by atoms with Gasteiger partial charge in [-0.05, 0) is 37.1 Å². The summed E-state index contributed by atoms with van der Waals surface area (Å²) in [5.74, 6) is -0.983. The minimum Gasteiger partial charge on any atom is -0.508 e. The number of hydrogen-bond donors (Lipinski definition) is 2. The standard InChI is InChI=1S/C15H14FNO2/c1-9-6-7-11(8-13(9)18)17-15(19)12-5-3-4-10(2)14(12)16/h3-8,18H,1-2H3,(H,17,19). The topological polar surface area (TPSA) is 49.3 Å². The van der Waals surface area contributed by atoms with E-state index in [1.807, 2.05) is 0 Å². The van der Waals surface area contributed by atoms with Crippen LogP contribution in [0, 0.1) is 19.7 Å². The largest absolute Gasteiger partial charge is 0.508 e. The Labute approximate surface area is 110 Å². The first-order valence-electron chi connectivity index (χ1n) is 5.85. The molecule has 0 heterocycles. The van der Waals surface area contributed by atoms with Gasteiger partial charge in [-0.15, -0.1) is 0 Å². The molecule has 98 valence electrons. The lowest BCUT2D eigenvalue weighted by Gasteiger charge is -2.08. The molecule has 19 heavy (non-hydrogen) atoms. The number of aryl methyl sites for hydroxylation is 2. The van der Waals surface area contributed by atoms with Crippen molar-refractivity contribution in [2.24, 2.45) is 0 Å². The van der Waals surface area contributed by atoms with E-state index in [2.05, 4.69) is 5.32 Å². The number of phenols is 1. The van der Waals surface area contributed by atoms with Gasteiger partial charge in [-0.2, -0.15) is 0 Å². The summed E-state index contributed by atoms with van der Waals surface area (Å²) >= 11 is 0. The van der Waals surface area contributed by atoms with E-state index in [9.17, 15) is 14.3 Å². The van der Waals surface area contributed by atoms with Gasteiger partial charge in [-0.25, -0.2) is 4.39 Å². The Bertz CT molecular complexity index is 638. The number of nitrogens with one attached hydrogen (secondary N) is 1. The molecule has 0 unspecified atom stereocenters. The summed E-state index contributed by atoms with van der Waals surface area (Å²) in [5.41, 5.74) is 1.54. The van der Waals surface area contributed by atoms with E-state index < -0.39 is 11.7 Å². The van der Waals surface area contributed by atoms with Crippen LogP contribution in [-0.4, -0.2) is 11.0 Å². The van der Waals surface area contributed by atoms with Gasteiger partial charge in [-0.3, -0.25) is 4.79 Å². The van der Waals surface area contributed by atoms with Crippen molar-refractivity contribution in [3.63, 3.8) is 0 Å². The van der Waals surface area contributed by atoms with Crippen molar-refractivity contribution >= 4 is 11.6 Å². The summed E-state index contributed by atoms with van der Waals surface area (Å²) in [7, 11) is 0. The van der Waals surface area contributed by atoms with Gasteiger partial charge >= 0.3 is 0 Å². The minimum atomic E-state index is -0.538. The van der Waals surface area contributed by atoms with E-state index in [1.54, 1.807) is 38.1 Å². The van der Waals surface area contributed by atoms with Crippen LogP contribution in [0.1, 0.15) is 21.5 Å². The molecule has 0 fully saturated rings. The van der Waals surface area contributed by atoms with E-state index in [0.29, 0.717) is 16.8 Å². The lowest BCUT2D eigenvalue weighted by Crippen LogP contribution is -2.14. The fourth-order valence-electron chi connectivity index (χ4n) is 1.71. The van der Waals surface area contributed by atoms with Gasteiger partial charge in [0.15, 0.2) is 0 Å². The maximum absolute atomic E-state index is 13.8. The Morgan fingerprint density at radius 2 is 1.89 bits per heavy atom. The molecule has 0 aromatic heterocycles. The molecule has 0 aliphatic heterocycles. The molecule has 0 bridgehead atoms. The van der Waals surface area contributed by atoms with Crippen molar-refractivity contribution in [1.82, 2.24) is 0 Å². The molecular formula is C15H14FNO2. The zero-order chi connectivity index (χ0) is 14.0. The summed E-state index contributed by atoms with van der Waals surface area (Å²) in [6, 6.07) is 9.41. The maximum atomic E-state index is 13.8. The van der Waals surface area contributed by atoms with Crippen LogP contribution in [0.4, 0.5) is 10.1 Å². The number of amides is 1. The maximum Gasteiger partial charge on any atom is 0.258 e. The molecule has 2 N–H and O–H groups in total. The second kappa shape index (κ2) is 5.10. The van der Waals surface area contributed by atoms with Gasteiger partial charge in [0, 0.05) is 11.8 Å². The summed E-state index contributed by atoms with van der Waals surface area (Å²) < 4.78 is 13.8. The molecule has 0 saturated heterocycles. The monoisotopic (exact) mass is 259 g/mol. The average molecular weight is 259 g/mol. The van der Waals surface area contributed by atoms with Crippen LogP contribution in [0.2, 0.25) is 0 Å². The zero-order valence-corrected chi connectivity index (χ0v) is 10.7. The molecule has 0 atom stereocenters. The Morgan fingerprint density at radius 3 is 2.58 bits per heavy atom. The van der Waals surface area contributed by atoms with Crippen LogP contribution >= 0.6 is 0 Å². The zero-order valence-electron chi connectivity index (χ0n) is 10.7. The molecule has 0 radical (unpaired) electrons. The second-order valence-electron chi connectivity index (χ2n) is 4.39. The number of carbonyl (C=O) groups excluding carboxylic acids is 1. The highest BCUT2D eigenvalue weighted by molar-refractivity contribution is 6.04. The molecule has 2 aromatic carbocycles. The Morgan fingerprint density at radius 1 is 1.16 bits per heavy atom. The van der Waals surface area contributed by atoms with E-state index >= 15 is 0 Å². The van der Waals surface area contributed by atoms with Crippen molar-refractivity contribution in [3.05, 3.63) is 58.9 Å². The van der Waals surface area contributed by atoms with E-state index in [4.69, 9.17) is 0 Å². The first-order chi connectivity index (χ1) is 8.99. The van der Waals surface area contributed by atoms with Crippen LogP contribution in [0.3, 0.4) is 0 Å². The third-order valence-corrected chi connectivity index (χ3v) is 2.90. The van der Waals surface area contributed by atoms with E-state index in [1.165, 1.54) is 12.1 Å². The SMILES string of the molecule is Cc1ccc(NC(=O)c2cccc(C)c2F)cc1O. The molecule has 0 aliphatic rings. The number of carbonyl (C=O) groups is 1. The predicted octanol–water partition coefficient (Wildman–Crippen LogP) is 3.40. The van der Waals surface area contributed by atoms with Gasteiger partial charge in [-0.1, -0.05) is 18.2 Å². The number of phenolic OH excluding ortho intramolecular Hbond substituents is 1. The summed E-state index contributed by atoms with van der Waals surface area (Å²) in [6.45, 7) is 3.35. The molecule has 4 heteroatoms. The van der Waals surface area contributed by atoms with Crippen LogP contribution in [-0.2, 0) is 0 Å². The van der Waals surface area contributed by atoms with Gasteiger partial charge in [0.1, 0.15) is 11.6 Å². The minimum absolute atomic E-state index is 0.0138. The van der Waals surface area contributed by atoms with Gasteiger partial charge in [0.2, 0.25) is 0 Å². The van der Waals surface area contributed by atoms with Gasteiger partial charge in [0.05, 0.1) is 5.56 Å². The Balaban J connectivity index is 2.26. The number of rotatable bonds is 2. The number of hydrogen-bond acceptors (Lipinski definition) is 2. The highest BCUT2D eigenvalue weighted by Gasteiger charge is 2.13. The number of halogens is 1. The van der Waals surface area contributed by atoms with Crippen LogP contribution in [0.25, 0.3) is 0 Å². The average Bonchev–Trinajstić information content (AvgIpc) is 2.37. The highest BCUT2D eigenvalue weighted by Crippen LogP contribution is 2.22. The third-order valence-electron chi connectivity index (χ3n) is 2.90. The number of benzene rings is 2. The Kier molecular flexibility index (Phi) is 3.51. The van der Waals surface area contributed by atoms with Crippen LogP contribution < -0.4 is 5.32 Å². The smallest absolute Gasteiger partial charge is 0.258 e.